The molecular formula is C18H22N4O2. The second kappa shape index (κ2) is 7.40. The number of aliphatic hydroxyl groups excluding tert-OH is 1. The molecule has 0 aliphatic heterocycles. The number of carbonyl (C=O) groups is 1. The molecule has 0 radical (unpaired) electrons. The predicted octanol–water partition coefficient (Wildman–Crippen LogP) is 2.82. The molecule has 126 valence electrons. The molecule has 2 aromatic rings. The smallest absolute Gasteiger partial charge is 0.221 e. The summed E-state index contributed by atoms with van der Waals surface area (Å²) in [6.45, 7) is 1.48. The predicted molar refractivity (Wildman–Crippen MR) is 93.7 cm³/mol. The molecule has 1 saturated carbocycles. The highest BCUT2D eigenvalue weighted by atomic mass is 16.3. The van der Waals surface area contributed by atoms with Crippen LogP contribution in [0.4, 0.5) is 11.5 Å². The molecule has 0 saturated heterocycles. The maximum Gasteiger partial charge on any atom is 0.221 e. The van der Waals surface area contributed by atoms with Gasteiger partial charge in [-0.05, 0) is 37.8 Å². The van der Waals surface area contributed by atoms with Crippen molar-refractivity contribution in [3.8, 4) is 11.3 Å². The van der Waals surface area contributed by atoms with Gasteiger partial charge in [-0.3, -0.25) is 9.78 Å². The van der Waals surface area contributed by atoms with E-state index in [9.17, 15) is 9.90 Å². The Kier molecular flexibility index (Phi) is 5.05. The van der Waals surface area contributed by atoms with E-state index in [2.05, 4.69) is 20.6 Å². The van der Waals surface area contributed by atoms with Gasteiger partial charge in [0.25, 0.3) is 0 Å². The van der Waals surface area contributed by atoms with Gasteiger partial charge in [0, 0.05) is 24.2 Å². The van der Waals surface area contributed by atoms with E-state index >= 15 is 0 Å². The zero-order chi connectivity index (χ0) is 16.9. The van der Waals surface area contributed by atoms with Crippen molar-refractivity contribution in [1.82, 2.24) is 9.97 Å². The summed E-state index contributed by atoms with van der Waals surface area (Å²) in [7, 11) is 0. The monoisotopic (exact) mass is 326 g/mol. The normalized spacial score (nSPS) is 20.4. The Hall–Kier alpha value is -2.47. The summed E-state index contributed by atoms with van der Waals surface area (Å²) < 4.78 is 0. The lowest BCUT2D eigenvalue weighted by Crippen LogP contribution is -2.28. The number of aliphatic hydroxyl groups is 1. The highest BCUT2D eigenvalue weighted by Crippen LogP contribution is 2.23. The Labute approximate surface area is 141 Å². The lowest BCUT2D eigenvalue weighted by molar-refractivity contribution is -0.114. The number of nitrogens with one attached hydrogen (secondary N) is 2. The Bertz CT molecular complexity index is 694. The van der Waals surface area contributed by atoms with E-state index in [1.54, 1.807) is 12.4 Å². The first-order valence-corrected chi connectivity index (χ1v) is 8.25. The molecule has 1 aliphatic rings. The van der Waals surface area contributed by atoms with E-state index in [1.165, 1.54) is 6.92 Å². The van der Waals surface area contributed by atoms with Crippen LogP contribution in [0.2, 0.25) is 0 Å². The van der Waals surface area contributed by atoms with Crippen LogP contribution in [0.5, 0.6) is 0 Å². The van der Waals surface area contributed by atoms with Gasteiger partial charge in [-0.15, -0.1) is 0 Å². The summed E-state index contributed by atoms with van der Waals surface area (Å²) in [5.74, 6) is 0.658. The maximum absolute atomic E-state index is 11.1. The van der Waals surface area contributed by atoms with Crippen molar-refractivity contribution < 1.29 is 9.90 Å². The van der Waals surface area contributed by atoms with Crippen LogP contribution in [-0.2, 0) is 4.79 Å². The molecule has 1 amide bonds. The Morgan fingerprint density at radius 1 is 1.12 bits per heavy atom. The molecule has 1 aromatic heterocycles. The molecular weight excluding hydrogens is 304 g/mol. The molecule has 1 aromatic carbocycles. The van der Waals surface area contributed by atoms with E-state index in [0.29, 0.717) is 6.04 Å². The number of amides is 1. The van der Waals surface area contributed by atoms with Crippen molar-refractivity contribution in [3.63, 3.8) is 0 Å². The lowest BCUT2D eigenvalue weighted by atomic mass is 9.93. The van der Waals surface area contributed by atoms with Crippen molar-refractivity contribution in [3.05, 3.63) is 36.7 Å². The summed E-state index contributed by atoms with van der Waals surface area (Å²) in [5.41, 5.74) is 2.48. The van der Waals surface area contributed by atoms with Gasteiger partial charge in [-0.2, -0.15) is 0 Å². The number of rotatable bonds is 4. The van der Waals surface area contributed by atoms with Crippen molar-refractivity contribution in [2.24, 2.45) is 0 Å². The summed E-state index contributed by atoms with van der Waals surface area (Å²) in [5, 5.41) is 15.7. The van der Waals surface area contributed by atoms with Crippen LogP contribution in [-0.4, -0.2) is 33.1 Å². The molecule has 3 rings (SSSR count). The van der Waals surface area contributed by atoms with E-state index < -0.39 is 0 Å². The summed E-state index contributed by atoms with van der Waals surface area (Å²) in [4.78, 5) is 20.0. The number of anilines is 2. The van der Waals surface area contributed by atoms with Crippen LogP contribution in [0.1, 0.15) is 32.6 Å². The molecule has 1 heterocycles. The highest BCUT2D eigenvalue weighted by Gasteiger charge is 2.19. The van der Waals surface area contributed by atoms with Crippen molar-refractivity contribution in [1.29, 1.82) is 0 Å². The van der Waals surface area contributed by atoms with Gasteiger partial charge in [-0.25, -0.2) is 4.98 Å². The van der Waals surface area contributed by atoms with Gasteiger partial charge in [0.2, 0.25) is 5.91 Å². The third-order valence-corrected chi connectivity index (χ3v) is 4.18. The molecule has 1 fully saturated rings. The van der Waals surface area contributed by atoms with Crippen LogP contribution in [0.3, 0.4) is 0 Å². The highest BCUT2D eigenvalue weighted by molar-refractivity contribution is 5.88. The van der Waals surface area contributed by atoms with Crippen LogP contribution >= 0.6 is 0 Å². The molecule has 0 spiro atoms. The molecule has 0 bridgehead atoms. The molecule has 24 heavy (non-hydrogen) atoms. The summed E-state index contributed by atoms with van der Waals surface area (Å²) in [6.07, 6.45) is 6.83. The number of hydrogen-bond acceptors (Lipinski definition) is 5. The Balaban J connectivity index is 1.69. The first-order valence-electron chi connectivity index (χ1n) is 8.25. The fraction of sp³-hybridized carbons (Fsp3) is 0.389. The van der Waals surface area contributed by atoms with E-state index in [1.807, 2.05) is 24.3 Å². The lowest BCUT2D eigenvalue weighted by Gasteiger charge is -2.26. The van der Waals surface area contributed by atoms with Gasteiger partial charge in [0.1, 0.15) is 5.82 Å². The number of carbonyl (C=O) groups excluding carboxylic acids is 1. The molecule has 0 atom stereocenters. The summed E-state index contributed by atoms with van der Waals surface area (Å²) in [6, 6.07) is 7.86. The van der Waals surface area contributed by atoms with Gasteiger partial charge in [0.15, 0.2) is 0 Å². The second-order valence-corrected chi connectivity index (χ2v) is 6.20. The third kappa shape index (κ3) is 4.29. The SMILES string of the molecule is CC(=O)Nc1ccc(-c2cncc(NC3CCC(O)CC3)n2)cc1. The molecule has 1 aliphatic carbocycles. The van der Waals surface area contributed by atoms with Gasteiger partial charge in [0.05, 0.1) is 24.2 Å². The number of hydrogen-bond donors (Lipinski definition) is 3. The maximum atomic E-state index is 11.1. The standard InChI is InChI=1S/C18H22N4O2/c1-12(23)20-14-4-2-13(3-5-14)17-10-19-11-18(22-17)21-15-6-8-16(24)9-7-15/h2-5,10-11,15-16,24H,6-9H2,1H3,(H,20,23)(H,21,22). The Morgan fingerprint density at radius 3 is 2.50 bits per heavy atom. The van der Waals surface area contributed by atoms with Gasteiger partial charge in [-0.1, -0.05) is 12.1 Å². The van der Waals surface area contributed by atoms with E-state index in [4.69, 9.17) is 0 Å². The minimum Gasteiger partial charge on any atom is -0.393 e. The summed E-state index contributed by atoms with van der Waals surface area (Å²) >= 11 is 0. The van der Waals surface area contributed by atoms with Crippen molar-refractivity contribution in [2.45, 2.75) is 44.8 Å². The van der Waals surface area contributed by atoms with E-state index in [0.717, 1.165) is 48.4 Å². The number of aromatic nitrogens is 2. The second-order valence-electron chi connectivity index (χ2n) is 6.20. The number of benzene rings is 1. The molecule has 3 N–H and O–H groups in total. The topological polar surface area (TPSA) is 87.1 Å². The van der Waals surface area contributed by atoms with Crippen LogP contribution in [0, 0.1) is 0 Å². The fourth-order valence-corrected chi connectivity index (χ4v) is 2.93. The quantitative estimate of drug-likeness (QED) is 0.804. The minimum atomic E-state index is -0.164. The zero-order valence-corrected chi connectivity index (χ0v) is 13.7. The Morgan fingerprint density at radius 2 is 1.83 bits per heavy atom. The van der Waals surface area contributed by atoms with E-state index in [-0.39, 0.29) is 12.0 Å². The van der Waals surface area contributed by atoms with Crippen molar-refractivity contribution in [2.75, 3.05) is 10.6 Å². The molecule has 0 unspecified atom stereocenters. The van der Waals surface area contributed by atoms with Gasteiger partial charge >= 0.3 is 0 Å². The van der Waals surface area contributed by atoms with Crippen molar-refractivity contribution >= 4 is 17.4 Å². The first kappa shape index (κ1) is 16.4. The van der Waals surface area contributed by atoms with Crippen LogP contribution < -0.4 is 10.6 Å². The molecule has 6 heteroatoms. The van der Waals surface area contributed by atoms with Gasteiger partial charge < -0.3 is 15.7 Å². The van der Waals surface area contributed by atoms with Crippen LogP contribution in [0.25, 0.3) is 11.3 Å². The average molecular weight is 326 g/mol. The minimum absolute atomic E-state index is 0.0914. The number of nitrogens with zero attached hydrogens (tertiary/aromatic N) is 2. The molecule has 6 nitrogen and oxygen atoms in total. The fourth-order valence-electron chi connectivity index (χ4n) is 2.93. The third-order valence-electron chi connectivity index (χ3n) is 4.18. The largest absolute Gasteiger partial charge is 0.393 e. The van der Waals surface area contributed by atoms with Crippen LogP contribution in [0.15, 0.2) is 36.7 Å². The average Bonchev–Trinajstić information content (AvgIpc) is 2.57. The first-order chi connectivity index (χ1) is 11.6. The zero-order valence-electron chi connectivity index (χ0n) is 13.7.